The number of carboxylic acid groups (broad SMARTS) is 1. The maximum absolute atomic E-state index is 10.7. The number of hydrogen-bond acceptors (Lipinski definition) is 4. The topological polar surface area (TPSA) is 73.2 Å². The van der Waals surface area contributed by atoms with E-state index in [-0.39, 0.29) is 6.42 Å². The van der Waals surface area contributed by atoms with Gasteiger partial charge in [-0.25, -0.2) is 0 Å². The molecule has 1 heterocycles. The van der Waals surface area contributed by atoms with Crippen LogP contribution >= 0.6 is 0 Å². The first-order valence-electron chi connectivity index (χ1n) is 4.51. The molecular weight excluding hydrogens is 182 g/mol. The Kier molecular flexibility index (Phi) is 2.21. The summed E-state index contributed by atoms with van der Waals surface area (Å²) in [7, 11) is 0. The Morgan fingerprint density at radius 2 is 2.43 bits per heavy atom. The van der Waals surface area contributed by atoms with Crippen molar-refractivity contribution in [3.63, 3.8) is 0 Å². The lowest BCUT2D eigenvalue weighted by Crippen LogP contribution is -2.36. The molecule has 14 heavy (non-hydrogen) atoms. The van der Waals surface area contributed by atoms with Crippen LogP contribution < -0.4 is 5.11 Å². The minimum absolute atomic E-state index is 0.201. The van der Waals surface area contributed by atoms with Gasteiger partial charge in [0.2, 0.25) is 0 Å². The molecule has 1 aliphatic rings. The van der Waals surface area contributed by atoms with Gasteiger partial charge in [0.05, 0.1) is 11.8 Å². The summed E-state index contributed by atoms with van der Waals surface area (Å²) in [5.41, 5.74) is 1.41. The molecule has 0 aromatic carbocycles. The molecule has 0 radical (unpaired) electrons. The first-order valence-corrected chi connectivity index (χ1v) is 4.51. The molecule has 74 valence electrons. The van der Waals surface area contributed by atoms with Crippen molar-refractivity contribution in [3.8, 4) is 0 Å². The highest BCUT2D eigenvalue weighted by Crippen LogP contribution is 2.30. The number of aliphatic hydroxyl groups excluding tert-OH is 1. The third-order valence-corrected chi connectivity index (χ3v) is 2.55. The highest BCUT2D eigenvalue weighted by atomic mass is 16.4. The van der Waals surface area contributed by atoms with Gasteiger partial charge in [0.25, 0.3) is 0 Å². The molecule has 4 heteroatoms. The number of carboxylic acids is 1. The number of pyridine rings is 1. The van der Waals surface area contributed by atoms with Crippen molar-refractivity contribution in [1.29, 1.82) is 0 Å². The molecule has 1 N–H and O–H groups in total. The van der Waals surface area contributed by atoms with Crippen molar-refractivity contribution in [2.24, 2.45) is 5.92 Å². The first-order chi connectivity index (χ1) is 6.68. The molecule has 0 bridgehead atoms. The number of fused-ring (bicyclic) bond motifs is 1. The molecule has 1 aromatic heterocycles. The Bertz CT molecular complexity index is 364. The van der Waals surface area contributed by atoms with Crippen molar-refractivity contribution >= 4 is 5.97 Å². The van der Waals surface area contributed by atoms with Crippen LogP contribution in [0.15, 0.2) is 18.3 Å². The van der Waals surface area contributed by atoms with Gasteiger partial charge in [-0.15, -0.1) is 0 Å². The summed E-state index contributed by atoms with van der Waals surface area (Å²) < 4.78 is 0. The summed E-state index contributed by atoms with van der Waals surface area (Å²) in [6.07, 6.45) is 1.43. The van der Waals surface area contributed by atoms with E-state index >= 15 is 0 Å². The van der Waals surface area contributed by atoms with Crippen LogP contribution in [0.2, 0.25) is 0 Å². The van der Waals surface area contributed by atoms with E-state index in [4.69, 9.17) is 0 Å². The first kappa shape index (κ1) is 9.15. The van der Waals surface area contributed by atoms with Crippen molar-refractivity contribution in [2.75, 3.05) is 0 Å². The second-order valence-corrected chi connectivity index (χ2v) is 3.52. The third-order valence-electron chi connectivity index (χ3n) is 2.55. The van der Waals surface area contributed by atoms with Crippen molar-refractivity contribution in [2.45, 2.75) is 18.9 Å². The van der Waals surface area contributed by atoms with Crippen molar-refractivity contribution in [1.82, 2.24) is 4.98 Å². The van der Waals surface area contributed by atoms with Gasteiger partial charge in [0.1, 0.15) is 0 Å². The molecule has 0 amide bonds. The van der Waals surface area contributed by atoms with Gasteiger partial charge in [-0.3, -0.25) is 4.98 Å². The number of aliphatic hydroxyl groups is 1. The van der Waals surface area contributed by atoms with Crippen LogP contribution in [-0.2, 0) is 11.2 Å². The monoisotopic (exact) mass is 192 g/mol. The van der Waals surface area contributed by atoms with E-state index in [1.807, 2.05) is 0 Å². The number of carbonyl (C=O) groups excluding carboxylic acids is 1. The molecule has 0 aliphatic heterocycles. The molecular formula is C10H10NO3-. The van der Waals surface area contributed by atoms with E-state index in [9.17, 15) is 15.0 Å². The molecule has 0 spiro atoms. The Balaban J connectivity index is 2.33. The number of nitrogens with zero attached hydrogens (tertiary/aromatic N) is 1. The molecule has 2 atom stereocenters. The molecule has 2 rings (SSSR count). The lowest BCUT2D eigenvalue weighted by atomic mass is 9.85. The summed E-state index contributed by atoms with van der Waals surface area (Å²) in [4.78, 5) is 14.7. The van der Waals surface area contributed by atoms with Crippen LogP contribution in [-0.4, -0.2) is 16.1 Å². The fourth-order valence-electron chi connectivity index (χ4n) is 1.83. The number of aliphatic carboxylic acids is 1. The zero-order valence-corrected chi connectivity index (χ0v) is 7.51. The zero-order valence-electron chi connectivity index (χ0n) is 7.51. The summed E-state index contributed by atoms with van der Waals surface area (Å²) in [6.45, 7) is 0. The fraction of sp³-hybridized carbons (Fsp3) is 0.400. The van der Waals surface area contributed by atoms with Crippen LogP contribution in [0, 0.1) is 5.92 Å². The highest BCUT2D eigenvalue weighted by Gasteiger charge is 2.26. The second kappa shape index (κ2) is 3.38. The van der Waals surface area contributed by atoms with E-state index in [2.05, 4.69) is 4.98 Å². The van der Waals surface area contributed by atoms with E-state index in [0.29, 0.717) is 12.1 Å². The summed E-state index contributed by atoms with van der Waals surface area (Å²) in [5, 5.41) is 20.3. The minimum Gasteiger partial charge on any atom is -0.550 e. The Hall–Kier alpha value is -1.42. The third kappa shape index (κ3) is 1.48. The summed E-state index contributed by atoms with van der Waals surface area (Å²) in [5.74, 6) is -1.69. The van der Waals surface area contributed by atoms with Crippen LogP contribution in [0.3, 0.4) is 0 Å². The van der Waals surface area contributed by atoms with Crippen molar-refractivity contribution in [3.05, 3.63) is 29.6 Å². The Morgan fingerprint density at radius 3 is 3.14 bits per heavy atom. The number of rotatable bonds is 1. The Labute approximate surface area is 81.2 Å². The normalized spacial score (nSPS) is 25.5. The van der Waals surface area contributed by atoms with E-state index in [0.717, 1.165) is 5.56 Å². The standard InChI is InChI=1S/C10H11NO3/c12-8-5-7(10(13)14)4-6-2-1-3-11-9(6)8/h1-3,7-8,12H,4-5H2,(H,13,14)/p-1. The van der Waals surface area contributed by atoms with Crippen LogP contribution in [0.5, 0.6) is 0 Å². The van der Waals surface area contributed by atoms with Gasteiger partial charge in [0, 0.05) is 18.1 Å². The largest absolute Gasteiger partial charge is 0.550 e. The van der Waals surface area contributed by atoms with E-state index in [1.165, 1.54) is 0 Å². The smallest absolute Gasteiger partial charge is 0.0968 e. The van der Waals surface area contributed by atoms with Gasteiger partial charge in [0.15, 0.2) is 0 Å². The van der Waals surface area contributed by atoms with E-state index in [1.54, 1.807) is 18.3 Å². The second-order valence-electron chi connectivity index (χ2n) is 3.52. The Morgan fingerprint density at radius 1 is 1.64 bits per heavy atom. The molecule has 0 fully saturated rings. The summed E-state index contributed by atoms with van der Waals surface area (Å²) in [6, 6.07) is 3.53. The van der Waals surface area contributed by atoms with Gasteiger partial charge in [-0.05, 0) is 24.5 Å². The molecule has 0 saturated carbocycles. The van der Waals surface area contributed by atoms with Crippen molar-refractivity contribution < 1.29 is 15.0 Å². The number of aromatic nitrogens is 1. The quantitative estimate of drug-likeness (QED) is 0.646. The zero-order chi connectivity index (χ0) is 10.1. The number of hydrogen-bond donors (Lipinski definition) is 1. The van der Waals surface area contributed by atoms with E-state index < -0.39 is 18.0 Å². The predicted molar refractivity (Wildman–Crippen MR) is 46.0 cm³/mol. The average Bonchev–Trinajstić information content (AvgIpc) is 2.17. The lowest BCUT2D eigenvalue weighted by molar-refractivity contribution is -0.312. The predicted octanol–water partition coefficient (Wildman–Crippen LogP) is -0.573. The number of carbonyl (C=O) groups is 1. The van der Waals surface area contributed by atoms with Gasteiger partial charge in [-0.2, -0.15) is 0 Å². The SMILES string of the molecule is O=C([O-])C1Cc2cccnc2C(O)C1. The maximum atomic E-state index is 10.7. The molecule has 1 aliphatic carbocycles. The molecule has 4 nitrogen and oxygen atoms in total. The average molecular weight is 192 g/mol. The molecule has 2 unspecified atom stereocenters. The maximum Gasteiger partial charge on any atom is 0.0968 e. The fourth-order valence-corrected chi connectivity index (χ4v) is 1.83. The minimum atomic E-state index is -1.10. The molecule has 0 saturated heterocycles. The van der Waals surface area contributed by atoms with Crippen LogP contribution in [0.4, 0.5) is 0 Å². The van der Waals surface area contributed by atoms with Gasteiger partial charge in [-0.1, -0.05) is 6.07 Å². The highest BCUT2D eigenvalue weighted by molar-refractivity contribution is 5.68. The summed E-state index contributed by atoms with van der Waals surface area (Å²) >= 11 is 0. The molecule has 1 aromatic rings. The van der Waals surface area contributed by atoms with Crippen LogP contribution in [0.1, 0.15) is 23.8 Å². The van der Waals surface area contributed by atoms with Gasteiger partial charge < -0.3 is 15.0 Å². The van der Waals surface area contributed by atoms with Gasteiger partial charge >= 0.3 is 0 Å². The van der Waals surface area contributed by atoms with Crippen LogP contribution in [0.25, 0.3) is 0 Å². The lowest BCUT2D eigenvalue weighted by Gasteiger charge is -2.28.